The maximum atomic E-state index is 12.5. The van der Waals surface area contributed by atoms with Crippen LogP contribution >= 0.6 is 11.3 Å². The minimum absolute atomic E-state index is 0.177. The highest BCUT2D eigenvalue weighted by Gasteiger charge is 2.22. The summed E-state index contributed by atoms with van der Waals surface area (Å²) < 4.78 is 6.10. The van der Waals surface area contributed by atoms with Crippen LogP contribution in [0.2, 0.25) is 0 Å². The van der Waals surface area contributed by atoms with Crippen molar-refractivity contribution in [3.05, 3.63) is 27.1 Å². The van der Waals surface area contributed by atoms with Crippen molar-refractivity contribution in [3.63, 3.8) is 0 Å². The van der Waals surface area contributed by atoms with E-state index < -0.39 is 12.0 Å². The number of thiophene rings is 1. The molecule has 0 bridgehead atoms. The lowest BCUT2D eigenvalue weighted by atomic mass is 10.2. The fourth-order valence-corrected chi connectivity index (χ4v) is 3.07. The molecule has 6 heteroatoms. The first-order chi connectivity index (χ1) is 9.01. The van der Waals surface area contributed by atoms with Gasteiger partial charge in [-0.3, -0.25) is 9.36 Å². The molecule has 2 rings (SSSR count). The van der Waals surface area contributed by atoms with Crippen LogP contribution in [-0.4, -0.2) is 22.6 Å². The first-order valence-corrected chi connectivity index (χ1v) is 6.87. The third-order valence-corrected chi connectivity index (χ3v) is 4.43. The number of hydrogen-bond donors (Lipinski definition) is 0. The number of fused-ring (bicyclic) bond motifs is 1. The van der Waals surface area contributed by atoms with E-state index in [1.54, 1.807) is 0 Å². The third-order valence-electron chi connectivity index (χ3n) is 3.31. The molecule has 0 saturated heterocycles. The molecule has 0 aliphatic rings. The molecule has 5 nitrogen and oxygen atoms in total. The maximum absolute atomic E-state index is 12.5. The average Bonchev–Trinajstić information content (AvgIpc) is 2.69. The van der Waals surface area contributed by atoms with Crippen LogP contribution in [0, 0.1) is 13.8 Å². The van der Waals surface area contributed by atoms with E-state index in [0.717, 1.165) is 15.3 Å². The lowest BCUT2D eigenvalue weighted by Crippen LogP contribution is -2.30. The first-order valence-electron chi connectivity index (χ1n) is 6.05. The number of rotatable bonds is 3. The van der Waals surface area contributed by atoms with Gasteiger partial charge in [-0.2, -0.15) is 0 Å². The highest BCUT2D eigenvalue weighted by atomic mass is 32.1. The summed E-state index contributed by atoms with van der Waals surface area (Å²) in [6.07, 6.45) is 1.92. The molecule has 0 unspecified atom stereocenters. The molecule has 0 aromatic carbocycles. The van der Waals surface area contributed by atoms with Crippen molar-refractivity contribution >= 4 is 27.5 Å². The topological polar surface area (TPSA) is 61.2 Å². The zero-order chi connectivity index (χ0) is 14.2. The lowest BCUT2D eigenvalue weighted by Gasteiger charge is -2.15. The molecular formula is C13H16N2O3S. The number of carbonyl (C=O) groups excluding carboxylic acids is 1. The van der Waals surface area contributed by atoms with E-state index in [0.29, 0.717) is 11.8 Å². The molecule has 0 spiro atoms. The molecule has 2 heterocycles. The van der Waals surface area contributed by atoms with Crippen LogP contribution in [0.4, 0.5) is 0 Å². The number of ether oxygens (including phenoxy) is 1. The van der Waals surface area contributed by atoms with E-state index in [1.165, 1.54) is 29.3 Å². The summed E-state index contributed by atoms with van der Waals surface area (Å²) in [4.78, 5) is 30.3. The van der Waals surface area contributed by atoms with Gasteiger partial charge in [0.2, 0.25) is 0 Å². The van der Waals surface area contributed by atoms with Crippen LogP contribution in [0.25, 0.3) is 10.2 Å². The second-order valence-corrected chi connectivity index (χ2v) is 5.57. The van der Waals surface area contributed by atoms with Crippen LogP contribution in [-0.2, 0) is 9.53 Å². The molecule has 0 amide bonds. The second-order valence-electron chi connectivity index (χ2n) is 4.37. The highest BCUT2D eigenvalue weighted by molar-refractivity contribution is 7.18. The largest absolute Gasteiger partial charge is 0.467 e. The van der Waals surface area contributed by atoms with Crippen LogP contribution in [0.1, 0.15) is 29.8 Å². The van der Waals surface area contributed by atoms with Crippen molar-refractivity contribution < 1.29 is 9.53 Å². The second kappa shape index (κ2) is 5.13. The molecule has 0 fully saturated rings. The van der Waals surface area contributed by atoms with Crippen LogP contribution in [0.3, 0.4) is 0 Å². The Labute approximate surface area is 114 Å². The molecule has 2 aromatic rings. The monoisotopic (exact) mass is 280 g/mol. The van der Waals surface area contributed by atoms with Gasteiger partial charge in [0.25, 0.3) is 5.56 Å². The molecular weight excluding hydrogens is 264 g/mol. The molecule has 0 saturated carbocycles. The summed E-state index contributed by atoms with van der Waals surface area (Å²) in [6, 6.07) is -0.617. The highest BCUT2D eigenvalue weighted by Crippen LogP contribution is 2.26. The molecule has 2 aromatic heterocycles. The summed E-state index contributed by atoms with van der Waals surface area (Å²) in [5, 5.41) is 0.604. The number of aryl methyl sites for hydroxylation is 2. The van der Waals surface area contributed by atoms with E-state index in [1.807, 2.05) is 20.8 Å². The summed E-state index contributed by atoms with van der Waals surface area (Å²) in [6.45, 7) is 5.70. The summed E-state index contributed by atoms with van der Waals surface area (Å²) in [5.74, 6) is -0.421. The predicted molar refractivity (Wildman–Crippen MR) is 74.7 cm³/mol. The minimum atomic E-state index is -0.617. The Morgan fingerprint density at radius 2 is 2.21 bits per heavy atom. The zero-order valence-corrected chi connectivity index (χ0v) is 12.2. The Balaban J connectivity index is 2.69. The van der Waals surface area contributed by atoms with E-state index in [4.69, 9.17) is 4.74 Å². The van der Waals surface area contributed by atoms with Crippen molar-refractivity contribution in [1.82, 2.24) is 9.55 Å². The van der Waals surface area contributed by atoms with Gasteiger partial charge in [-0.05, 0) is 25.8 Å². The SMILES string of the molecule is CC[C@@H](C(=O)OC)n1cnc2sc(C)c(C)c2c1=O. The van der Waals surface area contributed by atoms with E-state index >= 15 is 0 Å². The van der Waals surface area contributed by atoms with Gasteiger partial charge >= 0.3 is 5.97 Å². The van der Waals surface area contributed by atoms with Gasteiger partial charge in [-0.15, -0.1) is 11.3 Å². The number of carbonyl (C=O) groups is 1. The van der Waals surface area contributed by atoms with Crippen molar-refractivity contribution in [3.8, 4) is 0 Å². The Hall–Kier alpha value is -1.69. The molecule has 0 radical (unpaired) electrons. The standard InChI is InChI=1S/C13H16N2O3S/c1-5-9(13(17)18-4)15-6-14-11-10(12(15)16)7(2)8(3)19-11/h6,9H,5H2,1-4H3/t9-/m0/s1. The normalized spacial score (nSPS) is 12.6. The molecule has 19 heavy (non-hydrogen) atoms. The number of esters is 1. The number of methoxy groups -OCH3 is 1. The molecule has 0 aliphatic heterocycles. The zero-order valence-electron chi connectivity index (χ0n) is 11.4. The van der Waals surface area contributed by atoms with Crippen LogP contribution in [0.5, 0.6) is 0 Å². The van der Waals surface area contributed by atoms with Gasteiger partial charge in [0.15, 0.2) is 0 Å². The van der Waals surface area contributed by atoms with Gasteiger partial charge in [0.1, 0.15) is 10.9 Å². The number of nitrogens with zero attached hydrogens (tertiary/aromatic N) is 2. The van der Waals surface area contributed by atoms with E-state index in [9.17, 15) is 9.59 Å². The van der Waals surface area contributed by atoms with Crippen molar-refractivity contribution in [2.45, 2.75) is 33.2 Å². The third kappa shape index (κ3) is 2.16. The van der Waals surface area contributed by atoms with Crippen molar-refractivity contribution in [2.75, 3.05) is 7.11 Å². The van der Waals surface area contributed by atoms with E-state index in [-0.39, 0.29) is 5.56 Å². The minimum Gasteiger partial charge on any atom is -0.467 e. The average molecular weight is 280 g/mol. The Kier molecular flexibility index (Phi) is 3.71. The first kappa shape index (κ1) is 13.7. The van der Waals surface area contributed by atoms with Crippen LogP contribution in [0.15, 0.2) is 11.1 Å². The number of aromatic nitrogens is 2. The summed E-state index contributed by atoms with van der Waals surface area (Å²) in [5.41, 5.74) is 0.760. The Bertz CT molecular complexity index is 687. The fraction of sp³-hybridized carbons (Fsp3) is 0.462. The van der Waals surface area contributed by atoms with Crippen molar-refractivity contribution in [1.29, 1.82) is 0 Å². The van der Waals surface area contributed by atoms with Gasteiger partial charge in [0, 0.05) is 4.88 Å². The Morgan fingerprint density at radius 3 is 2.79 bits per heavy atom. The maximum Gasteiger partial charge on any atom is 0.329 e. The Morgan fingerprint density at radius 1 is 1.53 bits per heavy atom. The lowest BCUT2D eigenvalue weighted by molar-refractivity contribution is -0.144. The van der Waals surface area contributed by atoms with E-state index in [2.05, 4.69) is 4.98 Å². The predicted octanol–water partition coefficient (Wildman–Crippen LogP) is 2.20. The van der Waals surface area contributed by atoms with Gasteiger partial charge < -0.3 is 4.74 Å². The van der Waals surface area contributed by atoms with Crippen molar-refractivity contribution in [2.24, 2.45) is 0 Å². The van der Waals surface area contributed by atoms with Gasteiger partial charge in [-0.1, -0.05) is 6.92 Å². The molecule has 0 N–H and O–H groups in total. The number of hydrogen-bond acceptors (Lipinski definition) is 5. The molecule has 0 aliphatic carbocycles. The smallest absolute Gasteiger partial charge is 0.329 e. The summed E-state index contributed by atoms with van der Waals surface area (Å²) >= 11 is 1.49. The van der Waals surface area contributed by atoms with Gasteiger partial charge in [0.05, 0.1) is 18.8 Å². The van der Waals surface area contributed by atoms with Crippen LogP contribution < -0.4 is 5.56 Å². The van der Waals surface area contributed by atoms with Gasteiger partial charge in [-0.25, -0.2) is 9.78 Å². The fourth-order valence-electron chi connectivity index (χ4n) is 2.08. The summed E-state index contributed by atoms with van der Waals surface area (Å²) in [7, 11) is 1.32. The quantitative estimate of drug-likeness (QED) is 0.809. The molecule has 1 atom stereocenters. The molecule has 102 valence electrons.